The molecule has 1 atom stereocenters. The van der Waals surface area contributed by atoms with Crippen molar-refractivity contribution in [1.29, 1.82) is 0 Å². The molecule has 1 fully saturated rings. The number of nitrogens with one attached hydrogen (secondary N) is 1. The van der Waals surface area contributed by atoms with Crippen molar-refractivity contribution in [2.24, 2.45) is 4.99 Å². The molecule has 42 heavy (non-hydrogen) atoms. The summed E-state index contributed by atoms with van der Waals surface area (Å²) in [5, 5.41) is 10.9. The summed E-state index contributed by atoms with van der Waals surface area (Å²) in [5.74, 6) is -0.668. The summed E-state index contributed by atoms with van der Waals surface area (Å²) in [7, 11) is 1.62. The Balaban J connectivity index is 1.34. The van der Waals surface area contributed by atoms with Gasteiger partial charge in [-0.2, -0.15) is 13.2 Å². The zero-order chi connectivity index (χ0) is 29.4. The average Bonchev–Trinajstić information content (AvgIpc) is 3.39. The highest BCUT2D eigenvalue weighted by atomic mass is 19.4. The number of fused-ring (bicyclic) bond motifs is 1. The molecule has 6 rings (SSSR count). The van der Waals surface area contributed by atoms with Crippen molar-refractivity contribution in [3.8, 4) is 11.6 Å². The first kappa shape index (κ1) is 27.1. The molecule has 0 unspecified atom stereocenters. The lowest BCUT2D eigenvalue weighted by atomic mass is 9.96. The minimum Gasteiger partial charge on any atom is -0.402 e. The van der Waals surface area contributed by atoms with Crippen LogP contribution in [0.3, 0.4) is 0 Å². The van der Waals surface area contributed by atoms with E-state index in [1.165, 1.54) is 9.80 Å². The molecule has 2 aliphatic rings. The molecule has 1 saturated heterocycles. The first-order valence-corrected chi connectivity index (χ1v) is 13.1. The Bertz CT molecular complexity index is 1690. The van der Waals surface area contributed by atoms with Crippen LogP contribution in [0.1, 0.15) is 22.3 Å². The third kappa shape index (κ3) is 5.32. The van der Waals surface area contributed by atoms with Gasteiger partial charge in [0.25, 0.3) is 5.89 Å². The van der Waals surface area contributed by atoms with Gasteiger partial charge in [-0.1, -0.05) is 59.7 Å². The Morgan fingerprint density at radius 2 is 1.76 bits per heavy atom. The van der Waals surface area contributed by atoms with E-state index in [0.717, 1.165) is 22.8 Å². The van der Waals surface area contributed by atoms with Crippen LogP contribution in [0.4, 0.5) is 24.9 Å². The molecule has 4 heterocycles. The van der Waals surface area contributed by atoms with Crippen LogP contribution < -0.4 is 10.2 Å². The van der Waals surface area contributed by atoms with Gasteiger partial charge in [-0.25, -0.2) is 4.98 Å². The van der Waals surface area contributed by atoms with Gasteiger partial charge >= 0.3 is 12.2 Å². The van der Waals surface area contributed by atoms with E-state index in [0.29, 0.717) is 18.5 Å². The van der Waals surface area contributed by atoms with Gasteiger partial charge in [0.1, 0.15) is 0 Å². The number of anilines is 2. The number of carbonyl (C=O) groups excluding carboxylic acids is 2. The molecule has 13 heteroatoms. The minimum atomic E-state index is -4.65. The van der Waals surface area contributed by atoms with E-state index in [2.05, 4.69) is 20.5 Å². The zero-order valence-corrected chi connectivity index (χ0v) is 22.3. The summed E-state index contributed by atoms with van der Waals surface area (Å²) >= 11 is 0. The molecular weight excluding hydrogens is 551 g/mol. The molecule has 214 valence electrons. The molecule has 1 N–H and O–H groups in total. The molecule has 0 radical (unpaired) electrons. The van der Waals surface area contributed by atoms with E-state index < -0.39 is 17.9 Å². The number of carbonyl (C=O) groups is 2. The molecule has 0 spiro atoms. The Labute approximate surface area is 237 Å². The fourth-order valence-corrected chi connectivity index (χ4v) is 4.87. The molecule has 0 bridgehead atoms. The predicted octanol–water partition coefficient (Wildman–Crippen LogP) is 3.83. The number of halogens is 3. The maximum absolute atomic E-state index is 13.6. The number of likely N-dealkylation sites (N-methyl/N-ethyl adjacent to an activating group) is 1. The lowest BCUT2D eigenvalue weighted by Gasteiger charge is -2.34. The molecule has 2 aromatic heterocycles. The Morgan fingerprint density at radius 1 is 1.00 bits per heavy atom. The van der Waals surface area contributed by atoms with Crippen molar-refractivity contribution < 1.29 is 27.2 Å². The first-order valence-electron chi connectivity index (χ1n) is 13.1. The van der Waals surface area contributed by atoms with Crippen LogP contribution in [0, 0.1) is 0 Å². The van der Waals surface area contributed by atoms with Gasteiger partial charge < -0.3 is 19.5 Å². The van der Waals surface area contributed by atoms with Crippen LogP contribution in [-0.4, -0.2) is 70.3 Å². The van der Waals surface area contributed by atoms with E-state index in [1.54, 1.807) is 7.05 Å². The quantitative estimate of drug-likeness (QED) is 0.382. The van der Waals surface area contributed by atoms with Crippen LogP contribution in [0.25, 0.3) is 11.6 Å². The number of hydrogen-bond donors (Lipinski definition) is 1. The molecule has 0 aliphatic carbocycles. The number of aliphatic imine (C=N–C) groups is 1. The summed E-state index contributed by atoms with van der Waals surface area (Å²) in [6.07, 6.45) is -4.94. The van der Waals surface area contributed by atoms with Gasteiger partial charge in [-0.15, -0.1) is 5.10 Å². The number of ketones is 1. The molecule has 10 nitrogen and oxygen atoms in total. The highest BCUT2D eigenvalue weighted by molar-refractivity contribution is 6.16. The van der Waals surface area contributed by atoms with E-state index in [4.69, 9.17) is 9.41 Å². The largest absolute Gasteiger partial charge is 0.417 e. The highest BCUT2D eigenvalue weighted by Gasteiger charge is 2.35. The fourth-order valence-electron chi connectivity index (χ4n) is 4.87. The number of Topliss-reactive ketones (excluding diaryl/α,β-unsaturated/α-hetero) is 1. The summed E-state index contributed by atoms with van der Waals surface area (Å²) in [6, 6.07) is 17.7. The lowest BCUT2D eigenvalue weighted by molar-refractivity contribution is -0.137. The summed E-state index contributed by atoms with van der Waals surface area (Å²) in [5.41, 5.74) is 2.12. The van der Waals surface area contributed by atoms with Crippen molar-refractivity contribution in [1.82, 2.24) is 20.1 Å². The second-order valence-electron chi connectivity index (χ2n) is 9.93. The zero-order valence-electron chi connectivity index (χ0n) is 22.3. The van der Waals surface area contributed by atoms with Crippen molar-refractivity contribution in [3.05, 3.63) is 89.1 Å². The number of alkyl halides is 3. The number of rotatable bonds is 5. The maximum Gasteiger partial charge on any atom is 0.417 e. The Morgan fingerprint density at radius 3 is 2.52 bits per heavy atom. The van der Waals surface area contributed by atoms with E-state index in [9.17, 15) is 22.8 Å². The number of benzene rings is 2. The number of nitrogens with zero attached hydrogens (tertiary/aromatic N) is 6. The monoisotopic (exact) mass is 575 g/mol. The van der Waals surface area contributed by atoms with Crippen LogP contribution in [0.15, 0.2) is 76.3 Å². The van der Waals surface area contributed by atoms with Gasteiger partial charge in [0.15, 0.2) is 17.6 Å². The number of amides is 1. The Kier molecular flexibility index (Phi) is 6.93. The normalized spacial score (nSPS) is 17.5. The number of aromatic nitrogens is 3. The first-order chi connectivity index (χ1) is 20.2. The van der Waals surface area contributed by atoms with Crippen LogP contribution >= 0.6 is 0 Å². The maximum atomic E-state index is 13.6. The van der Waals surface area contributed by atoms with E-state index in [1.807, 2.05) is 54.6 Å². The van der Waals surface area contributed by atoms with Gasteiger partial charge in [0.05, 0.1) is 23.5 Å². The Hall–Kier alpha value is -5.07. The fraction of sp³-hybridized carbons (Fsp3) is 0.241. The number of pyridine rings is 1. The van der Waals surface area contributed by atoms with E-state index >= 15 is 0 Å². The van der Waals surface area contributed by atoms with Crippen molar-refractivity contribution in [2.75, 3.05) is 36.9 Å². The van der Waals surface area contributed by atoms with Crippen LogP contribution in [-0.2, 0) is 22.2 Å². The summed E-state index contributed by atoms with van der Waals surface area (Å²) in [4.78, 5) is 37.3. The highest BCUT2D eigenvalue weighted by Crippen LogP contribution is 2.36. The van der Waals surface area contributed by atoms with Crippen LogP contribution in [0.2, 0.25) is 0 Å². The second-order valence-corrected chi connectivity index (χ2v) is 9.93. The summed E-state index contributed by atoms with van der Waals surface area (Å²) < 4.78 is 46.4. The third-order valence-electron chi connectivity index (χ3n) is 7.13. The SMILES string of the molecule is CN1CCN(c2cc(C(F)(F)F)cnc2-c2nnc(N[C@H]3N=C(c4ccccc4)c4ccccc4CC3=O)o2)CC1=O. The second kappa shape index (κ2) is 10.7. The van der Waals surface area contributed by atoms with Crippen molar-refractivity contribution in [3.63, 3.8) is 0 Å². The molecule has 0 saturated carbocycles. The summed E-state index contributed by atoms with van der Waals surface area (Å²) in [6.45, 7) is 0.463. The van der Waals surface area contributed by atoms with Gasteiger partial charge in [0.2, 0.25) is 5.91 Å². The van der Waals surface area contributed by atoms with Gasteiger partial charge in [-0.05, 0) is 11.6 Å². The third-order valence-corrected chi connectivity index (χ3v) is 7.13. The smallest absolute Gasteiger partial charge is 0.402 e. The molecule has 2 aromatic carbocycles. The molecule has 2 aliphatic heterocycles. The topological polar surface area (TPSA) is 117 Å². The van der Waals surface area contributed by atoms with Crippen LogP contribution in [0.5, 0.6) is 0 Å². The molecular formula is C29H24F3N7O3. The minimum absolute atomic E-state index is 0.0195. The molecule has 4 aromatic rings. The molecule has 1 amide bonds. The van der Waals surface area contributed by atoms with Crippen molar-refractivity contribution in [2.45, 2.75) is 18.8 Å². The standard InChI is InChI=1S/C29H24F3N7O3/c1-38-11-12-39(16-23(38)41)21-14-19(29(30,31)32)15-33-25(21)27-36-37-28(42-27)35-26-22(40)13-18-9-5-6-10-20(18)24(34-26)17-7-3-2-4-8-17/h2-10,14-15,26H,11-13,16H2,1H3,(H,35,37)/t26-/m1/s1. The number of piperazine rings is 1. The van der Waals surface area contributed by atoms with E-state index in [-0.39, 0.29) is 54.5 Å². The average molecular weight is 576 g/mol. The van der Waals surface area contributed by atoms with Crippen molar-refractivity contribution >= 4 is 29.1 Å². The number of hydrogen-bond acceptors (Lipinski definition) is 9. The lowest BCUT2D eigenvalue weighted by Crippen LogP contribution is -2.48. The van der Waals surface area contributed by atoms with Gasteiger partial charge in [0, 0.05) is 43.9 Å². The van der Waals surface area contributed by atoms with Gasteiger partial charge in [-0.3, -0.25) is 14.6 Å². The predicted molar refractivity (Wildman–Crippen MR) is 147 cm³/mol.